The van der Waals surface area contributed by atoms with Gasteiger partial charge in [0, 0.05) is 11.7 Å². The molecule has 3 rings (SSSR count). The van der Waals surface area contributed by atoms with E-state index >= 15 is 0 Å². The van der Waals surface area contributed by atoms with E-state index in [0.29, 0.717) is 23.0 Å². The smallest absolute Gasteiger partial charge is 0.337 e. The van der Waals surface area contributed by atoms with Crippen molar-refractivity contribution < 1.29 is 14.3 Å². The number of aromatic nitrogens is 1. The lowest BCUT2D eigenvalue weighted by molar-refractivity contribution is 0.0600. The molecule has 0 unspecified atom stereocenters. The molecule has 1 heterocycles. The van der Waals surface area contributed by atoms with E-state index in [1.165, 1.54) is 45.6 Å². The zero-order chi connectivity index (χ0) is 19.1. The number of rotatable bonds is 5. The van der Waals surface area contributed by atoms with Crippen LogP contribution >= 0.6 is 0 Å². The molecule has 0 bridgehead atoms. The van der Waals surface area contributed by atoms with Gasteiger partial charge in [0.15, 0.2) is 0 Å². The van der Waals surface area contributed by atoms with Gasteiger partial charge in [0.1, 0.15) is 5.69 Å². The summed E-state index contributed by atoms with van der Waals surface area (Å²) in [6.45, 7) is 0. The van der Waals surface area contributed by atoms with Crippen molar-refractivity contribution in [1.29, 1.82) is 0 Å². The molecule has 1 aromatic carbocycles. The molecule has 27 heavy (non-hydrogen) atoms. The Morgan fingerprint density at radius 1 is 1.04 bits per heavy atom. The summed E-state index contributed by atoms with van der Waals surface area (Å²) >= 11 is 0. The second kappa shape index (κ2) is 9.16. The van der Waals surface area contributed by atoms with Gasteiger partial charge in [-0.3, -0.25) is 4.79 Å². The second-order valence-corrected chi connectivity index (χ2v) is 6.79. The van der Waals surface area contributed by atoms with Crippen molar-refractivity contribution in [2.75, 3.05) is 17.7 Å². The van der Waals surface area contributed by atoms with Crippen LogP contribution in [-0.2, 0) is 4.74 Å². The fourth-order valence-corrected chi connectivity index (χ4v) is 3.31. The predicted octanol–water partition coefficient (Wildman–Crippen LogP) is 4.26. The van der Waals surface area contributed by atoms with E-state index in [1.54, 1.807) is 36.5 Å². The molecule has 0 spiro atoms. The highest BCUT2D eigenvalue weighted by Gasteiger charge is 2.13. The summed E-state index contributed by atoms with van der Waals surface area (Å²) in [6.07, 6.45) is 9.20. The Morgan fingerprint density at radius 2 is 1.81 bits per heavy atom. The highest BCUT2D eigenvalue weighted by atomic mass is 16.5. The van der Waals surface area contributed by atoms with Crippen molar-refractivity contribution in [2.45, 2.75) is 44.6 Å². The number of anilines is 2. The maximum Gasteiger partial charge on any atom is 0.337 e. The predicted molar refractivity (Wildman–Crippen MR) is 105 cm³/mol. The van der Waals surface area contributed by atoms with Crippen LogP contribution < -0.4 is 10.6 Å². The SMILES string of the molecule is COC(=O)c1cccc(NC(=O)c2ccc(NC3CCCCCC3)cn2)c1. The van der Waals surface area contributed by atoms with Crippen LogP contribution in [0.25, 0.3) is 0 Å². The van der Waals surface area contributed by atoms with E-state index < -0.39 is 5.97 Å². The first-order chi connectivity index (χ1) is 13.2. The number of carbonyl (C=O) groups is 2. The summed E-state index contributed by atoms with van der Waals surface area (Å²) in [5, 5.41) is 6.27. The number of nitrogens with one attached hydrogen (secondary N) is 2. The molecule has 1 saturated carbocycles. The molecule has 0 saturated heterocycles. The van der Waals surface area contributed by atoms with Crippen LogP contribution in [0.3, 0.4) is 0 Å². The van der Waals surface area contributed by atoms with Gasteiger partial charge in [-0.25, -0.2) is 9.78 Å². The van der Waals surface area contributed by atoms with Gasteiger partial charge < -0.3 is 15.4 Å². The molecule has 142 valence electrons. The highest BCUT2D eigenvalue weighted by Crippen LogP contribution is 2.21. The van der Waals surface area contributed by atoms with E-state index in [0.717, 1.165) is 5.69 Å². The molecular weight excluding hydrogens is 342 g/mol. The average molecular weight is 367 g/mol. The number of benzene rings is 1. The Bertz CT molecular complexity index is 782. The molecule has 1 aliphatic rings. The van der Waals surface area contributed by atoms with Gasteiger partial charge in [0.05, 0.1) is 24.6 Å². The standard InChI is InChI=1S/C21H25N3O3/c1-27-21(26)15-7-6-10-17(13-15)24-20(25)19-12-11-18(14-22-19)23-16-8-4-2-3-5-9-16/h6-7,10-14,16,23H,2-5,8-9H2,1H3,(H,24,25). The first-order valence-corrected chi connectivity index (χ1v) is 9.38. The number of carbonyl (C=O) groups excluding carboxylic acids is 2. The number of hydrogen-bond donors (Lipinski definition) is 2. The normalized spacial score (nSPS) is 14.9. The number of nitrogens with zero attached hydrogens (tertiary/aromatic N) is 1. The van der Waals surface area contributed by atoms with E-state index in [4.69, 9.17) is 4.74 Å². The van der Waals surface area contributed by atoms with Crippen molar-refractivity contribution in [3.63, 3.8) is 0 Å². The number of methoxy groups -OCH3 is 1. The molecule has 1 fully saturated rings. The van der Waals surface area contributed by atoms with Crippen molar-refractivity contribution in [3.8, 4) is 0 Å². The van der Waals surface area contributed by atoms with Gasteiger partial charge >= 0.3 is 5.97 Å². The molecule has 0 radical (unpaired) electrons. The van der Waals surface area contributed by atoms with Crippen molar-refractivity contribution in [1.82, 2.24) is 4.98 Å². The third-order valence-electron chi connectivity index (χ3n) is 4.76. The van der Waals surface area contributed by atoms with Crippen LogP contribution in [0.1, 0.15) is 59.4 Å². The van der Waals surface area contributed by atoms with Crippen molar-refractivity contribution >= 4 is 23.3 Å². The molecule has 1 aliphatic carbocycles. The fraction of sp³-hybridized carbons (Fsp3) is 0.381. The summed E-state index contributed by atoms with van der Waals surface area (Å²) in [5.41, 5.74) is 2.16. The maximum atomic E-state index is 12.4. The minimum atomic E-state index is -0.446. The lowest BCUT2D eigenvalue weighted by Gasteiger charge is -2.17. The van der Waals surface area contributed by atoms with Crippen molar-refractivity contribution in [3.05, 3.63) is 53.9 Å². The first kappa shape index (κ1) is 18.9. The van der Waals surface area contributed by atoms with Crippen LogP contribution in [0.5, 0.6) is 0 Å². The van der Waals surface area contributed by atoms with Gasteiger partial charge in [-0.15, -0.1) is 0 Å². The molecule has 2 N–H and O–H groups in total. The minimum absolute atomic E-state index is 0.321. The summed E-state index contributed by atoms with van der Waals surface area (Å²) in [7, 11) is 1.32. The number of hydrogen-bond acceptors (Lipinski definition) is 5. The van der Waals surface area contributed by atoms with Gasteiger partial charge in [-0.2, -0.15) is 0 Å². The maximum absolute atomic E-state index is 12.4. The largest absolute Gasteiger partial charge is 0.465 e. The summed E-state index contributed by atoms with van der Waals surface area (Å²) < 4.78 is 4.69. The van der Waals surface area contributed by atoms with Crippen LogP contribution in [-0.4, -0.2) is 30.0 Å². The fourth-order valence-electron chi connectivity index (χ4n) is 3.31. The van der Waals surface area contributed by atoms with Crippen LogP contribution in [0.2, 0.25) is 0 Å². The summed E-state index contributed by atoms with van der Waals surface area (Å²) in [6, 6.07) is 10.7. The zero-order valence-electron chi connectivity index (χ0n) is 15.5. The molecule has 6 heteroatoms. The second-order valence-electron chi connectivity index (χ2n) is 6.79. The number of ether oxygens (including phenoxy) is 1. The molecule has 2 aromatic rings. The van der Waals surface area contributed by atoms with Crippen LogP contribution in [0, 0.1) is 0 Å². The van der Waals surface area contributed by atoms with Crippen molar-refractivity contribution in [2.24, 2.45) is 0 Å². The van der Waals surface area contributed by atoms with Crippen LogP contribution in [0.15, 0.2) is 42.6 Å². The Labute approximate surface area is 159 Å². The Balaban J connectivity index is 1.61. The topological polar surface area (TPSA) is 80.3 Å². The molecule has 1 amide bonds. The average Bonchev–Trinajstić information content (AvgIpc) is 2.97. The van der Waals surface area contributed by atoms with Gasteiger partial charge in [0.25, 0.3) is 5.91 Å². The lowest BCUT2D eigenvalue weighted by atomic mass is 10.1. The van der Waals surface area contributed by atoms with Gasteiger partial charge in [0.2, 0.25) is 0 Å². The Kier molecular flexibility index (Phi) is 6.41. The van der Waals surface area contributed by atoms with E-state index in [9.17, 15) is 9.59 Å². The molecule has 0 atom stereocenters. The molecule has 0 aliphatic heterocycles. The number of amides is 1. The van der Waals surface area contributed by atoms with Crippen LogP contribution in [0.4, 0.5) is 11.4 Å². The van der Waals surface area contributed by atoms with E-state index in [2.05, 4.69) is 15.6 Å². The summed E-state index contributed by atoms with van der Waals surface area (Å²) in [5.74, 6) is -0.767. The van der Waals surface area contributed by atoms with E-state index in [1.807, 2.05) is 6.07 Å². The number of esters is 1. The van der Waals surface area contributed by atoms with Gasteiger partial charge in [-0.05, 0) is 43.2 Å². The Morgan fingerprint density at radius 3 is 2.48 bits per heavy atom. The van der Waals surface area contributed by atoms with Gasteiger partial charge in [-0.1, -0.05) is 31.7 Å². The molecular formula is C21H25N3O3. The Hall–Kier alpha value is -2.89. The molecule has 6 nitrogen and oxygen atoms in total. The number of pyridine rings is 1. The third kappa shape index (κ3) is 5.29. The summed E-state index contributed by atoms with van der Waals surface area (Å²) in [4.78, 5) is 28.3. The molecule has 1 aromatic heterocycles. The monoisotopic (exact) mass is 367 g/mol. The quantitative estimate of drug-likeness (QED) is 0.610. The first-order valence-electron chi connectivity index (χ1n) is 9.38. The highest BCUT2D eigenvalue weighted by molar-refractivity contribution is 6.03. The third-order valence-corrected chi connectivity index (χ3v) is 4.76. The van der Waals surface area contributed by atoms with E-state index in [-0.39, 0.29) is 5.91 Å². The zero-order valence-corrected chi connectivity index (χ0v) is 15.5. The lowest BCUT2D eigenvalue weighted by Crippen LogP contribution is -2.19. The minimum Gasteiger partial charge on any atom is -0.465 e.